The molecule has 1 N–H and O–H groups in total. The molecule has 2 nitrogen and oxygen atoms in total. The fraction of sp³-hybridized carbons (Fsp3) is 1.00. The Kier molecular flexibility index (Phi) is 5.88. The zero-order valence-corrected chi connectivity index (χ0v) is 14.3. The molecule has 0 aromatic carbocycles. The molecule has 0 radical (unpaired) electrons. The SMILES string of the molecule is CCC(C)(C)NCC(C)N1CCC(C(C)(C)C)CC1. The molecule has 1 saturated heterocycles. The average Bonchev–Trinajstić information content (AvgIpc) is 2.35. The molecule has 0 aliphatic carbocycles. The van der Waals surface area contributed by atoms with Crippen LogP contribution < -0.4 is 5.32 Å². The van der Waals surface area contributed by atoms with Crippen LogP contribution in [-0.4, -0.2) is 36.1 Å². The zero-order valence-electron chi connectivity index (χ0n) is 14.3. The van der Waals surface area contributed by atoms with Crippen molar-refractivity contribution in [2.24, 2.45) is 11.3 Å². The second-order valence-corrected chi connectivity index (χ2v) is 8.14. The maximum Gasteiger partial charge on any atom is 0.0192 e. The maximum absolute atomic E-state index is 3.71. The smallest absolute Gasteiger partial charge is 0.0192 e. The first-order chi connectivity index (χ1) is 8.65. The molecule has 0 aromatic heterocycles. The van der Waals surface area contributed by atoms with Gasteiger partial charge >= 0.3 is 0 Å². The number of nitrogens with zero attached hydrogens (tertiary/aromatic N) is 1. The van der Waals surface area contributed by atoms with Crippen LogP contribution in [0.3, 0.4) is 0 Å². The third kappa shape index (κ3) is 5.43. The average molecular weight is 268 g/mol. The van der Waals surface area contributed by atoms with E-state index in [1.807, 2.05) is 0 Å². The Morgan fingerprint density at radius 3 is 2.05 bits per heavy atom. The monoisotopic (exact) mass is 268 g/mol. The fourth-order valence-electron chi connectivity index (χ4n) is 2.88. The summed E-state index contributed by atoms with van der Waals surface area (Å²) in [5.74, 6) is 0.899. The molecule has 0 spiro atoms. The second kappa shape index (κ2) is 6.58. The quantitative estimate of drug-likeness (QED) is 0.813. The van der Waals surface area contributed by atoms with E-state index < -0.39 is 0 Å². The lowest BCUT2D eigenvalue weighted by atomic mass is 9.75. The van der Waals surface area contributed by atoms with Crippen molar-refractivity contribution in [2.75, 3.05) is 19.6 Å². The standard InChI is InChI=1S/C17H36N2/c1-8-17(6,7)18-13-14(2)19-11-9-15(10-12-19)16(3,4)5/h14-15,18H,8-13H2,1-7H3. The topological polar surface area (TPSA) is 15.3 Å². The molecule has 1 rings (SSSR count). The first-order valence-electron chi connectivity index (χ1n) is 8.15. The molecular formula is C17H36N2. The maximum atomic E-state index is 3.71. The molecule has 1 aliphatic rings. The molecule has 19 heavy (non-hydrogen) atoms. The van der Waals surface area contributed by atoms with Crippen molar-refractivity contribution in [1.82, 2.24) is 10.2 Å². The third-order valence-corrected chi connectivity index (χ3v) is 5.14. The molecule has 0 bridgehead atoms. The predicted molar refractivity (Wildman–Crippen MR) is 85.6 cm³/mol. The van der Waals surface area contributed by atoms with Crippen LogP contribution in [0.2, 0.25) is 0 Å². The van der Waals surface area contributed by atoms with Gasteiger partial charge in [-0.25, -0.2) is 0 Å². The summed E-state index contributed by atoms with van der Waals surface area (Å²) in [7, 11) is 0. The predicted octanol–water partition coefficient (Wildman–Crippen LogP) is 3.91. The van der Waals surface area contributed by atoms with Crippen LogP contribution in [0.25, 0.3) is 0 Å². The van der Waals surface area contributed by atoms with E-state index in [1.165, 1.54) is 32.4 Å². The molecule has 1 unspecified atom stereocenters. The van der Waals surface area contributed by atoms with Gasteiger partial charge in [0.2, 0.25) is 0 Å². The van der Waals surface area contributed by atoms with Gasteiger partial charge in [-0.1, -0.05) is 27.7 Å². The summed E-state index contributed by atoms with van der Waals surface area (Å²) < 4.78 is 0. The molecule has 0 aromatic rings. The van der Waals surface area contributed by atoms with Crippen LogP contribution in [0.5, 0.6) is 0 Å². The van der Waals surface area contributed by atoms with Crippen molar-refractivity contribution < 1.29 is 0 Å². The normalized spacial score (nSPS) is 21.6. The van der Waals surface area contributed by atoms with Gasteiger partial charge in [0, 0.05) is 18.1 Å². The van der Waals surface area contributed by atoms with Gasteiger partial charge in [0.15, 0.2) is 0 Å². The van der Waals surface area contributed by atoms with Gasteiger partial charge in [0.05, 0.1) is 0 Å². The number of nitrogens with one attached hydrogen (secondary N) is 1. The summed E-state index contributed by atoms with van der Waals surface area (Å²) in [4.78, 5) is 2.67. The van der Waals surface area contributed by atoms with E-state index >= 15 is 0 Å². The van der Waals surface area contributed by atoms with Gasteiger partial charge < -0.3 is 5.32 Å². The highest BCUT2D eigenvalue weighted by atomic mass is 15.2. The summed E-state index contributed by atoms with van der Waals surface area (Å²) in [6, 6.07) is 0.659. The van der Waals surface area contributed by atoms with Gasteiger partial charge in [-0.2, -0.15) is 0 Å². The van der Waals surface area contributed by atoms with E-state index in [9.17, 15) is 0 Å². The van der Waals surface area contributed by atoms with Gasteiger partial charge in [-0.05, 0) is 64.5 Å². The second-order valence-electron chi connectivity index (χ2n) is 8.14. The molecule has 0 amide bonds. The summed E-state index contributed by atoms with van der Waals surface area (Å²) >= 11 is 0. The van der Waals surface area contributed by atoms with Gasteiger partial charge in [-0.15, -0.1) is 0 Å². The Morgan fingerprint density at radius 2 is 1.63 bits per heavy atom. The first-order valence-corrected chi connectivity index (χ1v) is 8.15. The molecule has 0 saturated carbocycles. The summed E-state index contributed by atoms with van der Waals surface area (Å²) in [5.41, 5.74) is 0.760. The number of hydrogen-bond donors (Lipinski definition) is 1. The summed E-state index contributed by atoms with van der Waals surface area (Å²) in [6.07, 6.45) is 3.92. The van der Waals surface area contributed by atoms with Gasteiger partial charge in [-0.3, -0.25) is 4.90 Å². The molecule has 1 atom stereocenters. The molecular weight excluding hydrogens is 232 g/mol. The lowest BCUT2D eigenvalue weighted by molar-refractivity contribution is 0.0848. The Morgan fingerprint density at radius 1 is 1.11 bits per heavy atom. The Labute approximate surface area is 121 Å². The molecule has 114 valence electrons. The third-order valence-electron chi connectivity index (χ3n) is 5.14. The molecule has 2 heteroatoms. The van der Waals surface area contributed by atoms with E-state index in [1.54, 1.807) is 0 Å². The Hall–Kier alpha value is -0.0800. The molecule has 1 heterocycles. The van der Waals surface area contributed by atoms with Gasteiger partial charge in [0.25, 0.3) is 0 Å². The minimum absolute atomic E-state index is 0.276. The van der Waals surface area contributed by atoms with E-state index in [0.29, 0.717) is 11.5 Å². The van der Waals surface area contributed by atoms with Crippen LogP contribution in [0.15, 0.2) is 0 Å². The van der Waals surface area contributed by atoms with E-state index in [-0.39, 0.29) is 5.54 Å². The molecule has 1 fully saturated rings. The van der Waals surface area contributed by atoms with Crippen molar-refractivity contribution in [2.45, 2.75) is 79.3 Å². The van der Waals surface area contributed by atoms with Crippen LogP contribution in [0.4, 0.5) is 0 Å². The number of rotatable bonds is 5. The Bertz CT molecular complexity index is 257. The highest BCUT2D eigenvalue weighted by Gasteiger charge is 2.30. The van der Waals surface area contributed by atoms with Crippen molar-refractivity contribution in [3.05, 3.63) is 0 Å². The highest BCUT2D eigenvalue weighted by Crippen LogP contribution is 2.34. The Balaban J connectivity index is 2.35. The lowest BCUT2D eigenvalue weighted by Crippen LogP contribution is -2.50. The lowest BCUT2D eigenvalue weighted by Gasteiger charge is -2.41. The van der Waals surface area contributed by atoms with Crippen molar-refractivity contribution in [3.8, 4) is 0 Å². The van der Waals surface area contributed by atoms with Crippen LogP contribution in [-0.2, 0) is 0 Å². The van der Waals surface area contributed by atoms with Crippen molar-refractivity contribution in [1.29, 1.82) is 0 Å². The zero-order chi connectivity index (χ0) is 14.7. The minimum atomic E-state index is 0.276. The van der Waals surface area contributed by atoms with Crippen LogP contribution >= 0.6 is 0 Å². The fourth-order valence-corrected chi connectivity index (χ4v) is 2.88. The van der Waals surface area contributed by atoms with E-state index in [0.717, 1.165) is 12.5 Å². The van der Waals surface area contributed by atoms with Crippen molar-refractivity contribution in [3.63, 3.8) is 0 Å². The van der Waals surface area contributed by atoms with Crippen molar-refractivity contribution >= 4 is 0 Å². The molecule has 1 aliphatic heterocycles. The number of likely N-dealkylation sites (tertiary alicyclic amines) is 1. The highest BCUT2D eigenvalue weighted by molar-refractivity contribution is 4.84. The minimum Gasteiger partial charge on any atom is -0.310 e. The summed E-state index contributed by atoms with van der Waals surface area (Å²) in [6.45, 7) is 20.1. The van der Waals surface area contributed by atoms with E-state index in [2.05, 4.69) is 58.7 Å². The van der Waals surface area contributed by atoms with Crippen LogP contribution in [0, 0.1) is 11.3 Å². The largest absolute Gasteiger partial charge is 0.310 e. The van der Waals surface area contributed by atoms with Crippen LogP contribution in [0.1, 0.15) is 67.7 Å². The number of hydrogen-bond acceptors (Lipinski definition) is 2. The van der Waals surface area contributed by atoms with E-state index in [4.69, 9.17) is 0 Å². The van der Waals surface area contributed by atoms with Gasteiger partial charge in [0.1, 0.15) is 0 Å². The summed E-state index contributed by atoms with van der Waals surface area (Å²) in [5, 5.41) is 3.71. The number of piperidine rings is 1. The first kappa shape index (κ1) is 17.0.